The molecular weight excluding hydrogens is 266 g/mol. The lowest BCUT2D eigenvalue weighted by atomic mass is 10.1. The maximum atomic E-state index is 11.7. The summed E-state index contributed by atoms with van der Waals surface area (Å²) in [5, 5.41) is 12.0. The highest BCUT2D eigenvalue weighted by Gasteiger charge is 2.11. The van der Waals surface area contributed by atoms with E-state index in [0.717, 1.165) is 5.56 Å². The van der Waals surface area contributed by atoms with Crippen LogP contribution in [0.25, 0.3) is 11.3 Å². The number of nitrogens with zero attached hydrogens (tertiary/aromatic N) is 3. The number of hydrogen-bond donors (Lipinski definition) is 2. The van der Waals surface area contributed by atoms with Gasteiger partial charge in [0.25, 0.3) is 0 Å². The predicted molar refractivity (Wildman–Crippen MR) is 80.1 cm³/mol. The van der Waals surface area contributed by atoms with Crippen molar-refractivity contribution in [1.82, 2.24) is 9.97 Å². The summed E-state index contributed by atoms with van der Waals surface area (Å²) in [6.07, 6.45) is 1.55. The first kappa shape index (κ1) is 14.5. The lowest BCUT2D eigenvalue weighted by Gasteiger charge is -2.10. The van der Waals surface area contributed by atoms with Gasteiger partial charge in [-0.05, 0) is 18.2 Å². The molecule has 21 heavy (non-hydrogen) atoms. The third kappa shape index (κ3) is 3.34. The molecule has 0 aliphatic rings. The molecule has 0 saturated heterocycles. The maximum absolute atomic E-state index is 11.7. The smallest absolute Gasteiger partial charge is 0.226 e. The highest BCUT2D eigenvalue weighted by atomic mass is 16.1. The fourth-order valence-electron chi connectivity index (χ4n) is 1.72. The Morgan fingerprint density at radius 1 is 1.38 bits per heavy atom. The van der Waals surface area contributed by atoms with E-state index in [2.05, 4.69) is 21.4 Å². The van der Waals surface area contributed by atoms with Crippen molar-refractivity contribution >= 4 is 17.5 Å². The largest absolute Gasteiger partial charge is 0.368 e. The third-order valence-corrected chi connectivity index (χ3v) is 2.89. The van der Waals surface area contributed by atoms with E-state index < -0.39 is 0 Å². The topological polar surface area (TPSA) is 105 Å². The van der Waals surface area contributed by atoms with Crippen LogP contribution in [0.5, 0.6) is 0 Å². The van der Waals surface area contributed by atoms with Gasteiger partial charge in [-0.25, -0.2) is 9.97 Å². The summed E-state index contributed by atoms with van der Waals surface area (Å²) in [7, 11) is 0. The van der Waals surface area contributed by atoms with E-state index in [0.29, 0.717) is 16.9 Å². The fourth-order valence-corrected chi connectivity index (χ4v) is 1.72. The van der Waals surface area contributed by atoms with Crippen molar-refractivity contribution < 1.29 is 4.79 Å². The summed E-state index contributed by atoms with van der Waals surface area (Å²) in [6, 6.07) is 8.91. The van der Waals surface area contributed by atoms with Gasteiger partial charge in [0.15, 0.2) is 0 Å². The van der Waals surface area contributed by atoms with Gasteiger partial charge >= 0.3 is 0 Å². The number of anilines is 2. The zero-order valence-corrected chi connectivity index (χ0v) is 11.8. The van der Waals surface area contributed by atoms with Crippen molar-refractivity contribution in [2.24, 2.45) is 5.92 Å². The zero-order chi connectivity index (χ0) is 15.4. The summed E-state index contributed by atoms with van der Waals surface area (Å²) in [5.74, 6) is -0.119. The van der Waals surface area contributed by atoms with Crippen molar-refractivity contribution in [1.29, 1.82) is 5.26 Å². The number of hydrogen-bond acceptors (Lipinski definition) is 5. The second kappa shape index (κ2) is 6.01. The Morgan fingerprint density at radius 3 is 2.76 bits per heavy atom. The van der Waals surface area contributed by atoms with Crippen molar-refractivity contribution in [2.75, 3.05) is 11.1 Å². The number of amides is 1. The van der Waals surface area contributed by atoms with Gasteiger partial charge in [0.2, 0.25) is 11.9 Å². The number of carbonyl (C=O) groups is 1. The second-order valence-corrected chi connectivity index (χ2v) is 4.82. The first-order valence-corrected chi connectivity index (χ1v) is 6.45. The Labute approximate surface area is 122 Å². The van der Waals surface area contributed by atoms with E-state index in [1.165, 1.54) is 0 Å². The Hall–Kier alpha value is -2.94. The van der Waals surface area contributed by atoms with Gasteiger partial charge in [0, 0.05) is 17.7 Å². The molecule has 2 rings (SSSR count). The molecule has 1 aromatic carbocycles. The third-order valence-electron chi connectivity index (χ3n) is 2.89. The van der Waals surface area contributed by atoms with Crippen molar-refractivity contribution in [3.05, 3.63) is 36.0 Å². The molecule has 2 aromatic rings. The van der Waals surface area contributed by atoms with E-state index in [1.807, 2.05) is 0 Å². The van der Waals surface area contributed by atoms with Crippen molar-refractivity contribution in [3.63, 3.8) is 0 Å². The summed E-state index contributed by atoms with van der Waals surface area (Å²) in [6.45, 7) is 3.58. The molecule has 106 valence electrons. The predicted octanol–water partition coefficient (Wildman–Crippen LogP) is 2.19. The van der Waals surface area contributed by atoms with E-state index in [4.69, 9.17) is 5.73 Å². The summed E-state index contributed by atoms with van der Waals surface area (Å²) >= 11 is 0. The Bertz CT molecular complexity index is 718. The first-order chi connectivity index (χ1) is 10.0. The van der Waals surface area contributed by atoms with E-state index in [9.17, 15) is 10.1 Å². The molecular formula is C15H15N5O. The lowest BCUT2D eigenvalue weighted by Crippen LogP contribution is -2.18. The quantitative estimate of drug-likeness (QED) is 0.897. The molecule has 0 aliphatic heterocycles. The standard InChI is InChI=1S/C15H15N5O/c1-9(2)14(21)19-12-4-3-10(7-11(12)8-16)13-5-6-18-15(17)20-13/h3-7,9H,1-2H3,(H,19,21)(H2,17,18,20). The lowest BCUT2D eigenvalue weighted by molar-refractivity contribution is -0.118. The number of nitrogens with one attached hydrogen (secondary N) is 1. The maximum Gasteiger partial charge on any atom is 0.226 e. The van der Waals surface area contributed by atoms with Gasteiger partial charge in [-0.1, -0.05) is 19.9 Å². The second-order valence-electron chi connectivity index (χ2n) is 4.82. The molecule has 6 nitrogen and oxygen atoms in total. The summed E-state index contributed by atoms with van der Waals surface area (Å²) in [5.41, 5.74) is 7.78. The van der Waals surface area contributed by atoms with E-state index in [-0.39, 0.29) is 17.8 Å². The van der Waals surface area contributed by atoms with Crippen LogP contribution in [0.3, 0.4) is 0 Å². The van der Waals surface area contributed by atoms with Crippen LogP contribution in [0.15, 0.2) is 30.5 Å². The number of carbonyl (C=O) groups excluding carboxylic acids is 1. The van der Waals surface area contributed by atoms with Gasteiger partial charge < -0.3 is 11.1 Å². The molecule has 0 saturated carbocycles. The fraction of sp³-hybridized carbons (Fsp3) is 0.200. The minimum absolute atomic E-state index is 0.134. The number of aromatic nitrogens is 2. The van der Waals surface area contributed by atoms with Gasteiger partial charge in [-0.3, -0.25) is 4.79 Å². The minimum atomic E-state index is -0.155. The van der Waals surface area contributed by atoms with Crippen LogP contribution in [0.2, 0.25) is 0 Å². The van der Waals surface area contributed by atoms with Crippen LogP contribution in [0.1, 0.15) is 19.4 Å². The number of benzene rings is 1. The molecule has 1 amide bonds. The van der Waals surface area contributed by atoms with Gasteiger partial charge in [0.1, 0.15) is 6.07 Å². The van der Waals surface area contributed by atoms with Crippen LogP contribution in [0, 0.1) is 17.2 Å². The number of rotatable bonds is 3. The first-order valence-electron chi connectivity index (χ1n) is 6.45. The average Bonchev–Trinajstić information content (AvgIpc) is 2.47. The minimum Gasteiger partial charge on any atom is -0.368 e. The van der Waals surface area contributed by atoms with Crippen molar-refractivity contribution in [3.8, 4) is 17.3 Å². The molecule has 1 heterocycles. The Balaban J connectivity index is 2.37. The molecule has 0 radical (unpaired) electrons. The van der Waals surface area contributed by atoms with Crippen LogP contribution in [-0.4, -0.2) is 15.9 Å². The number of nitrogens with two attached hydrogens (primary N) is 1. The molecule has 0 fully saturated rings. The van der Waals surface area contributed by atoms with E-state index in [1.54, 1.807) is 44.3 Å². The molecule has 1 aromatic heterocycles. The van der Waals surface area contributed by atoms with Gasteiger partial charge in [-0.2, -0.15) is 5.26 Å². The number of nitrogen functional groups attached to an aromatic ring is 1. The SMILES string of the molecule is CC(C)C(=O)Nc1ccc(-c2ccnc(N)n2)cc1C#N. The highest BCUT2D eigenvalue weighted by Crippen LogP contribution is 2.24. The molecule has 0 aliphatic carbocycles. The van der Waals surface area contributed by atoms with Crippen LogP contribution < -0.4 is 11.1 Å². The monoisotopic (exact) mass is 281 g/mol. The normalized spacial score (nSPS) is 10.2. The highest BCUT2D eigenvalue weighted by molar-refractivity contribution is 5.93. The van der Waals surface area contributed by atoms with Crippen molar-refractivity contribution in [2.45, 2.75) is 13.8 Å². The molecule has 0 atom stereocenters. The van der Waals surface area contributed by atoms with Gasteiger partial charge in [0.05, 0.1) is 16.9 Å². The van der Waals surface area contributed by atoms with Crippen LogP contribution >= 0.6 is 0 Å². The summed E-state index contributed by atoms with van der Waals surface area (Å²) in [4.78, 5) is 19.7. The van der Waals surface area contributed by atoms with Crippen LogP contribution in [0.4, 0.5) is 11.6 Å². The Kier molecular flexibility index (Phi) is 4.14. The van der Waals surface area contributed by atoms with E-state index >= 15 is 0 Å². The van der Waals surface area contributed by atoms with Crippen LogP contribution in [-0.2, 0) is 4.79 Å². The zero-order valence-electron chi connectivity index (χ0n) is 11.8. The molecule has 6 heteroatoms. The number of nitriles is 1. The van der Waals surface area contributed by atoms with Gasteiger partial charge in [-0.15, -0.1) is 0 Å². The Morgan fingerprint density at radius 2 is 2.14 bits per heavy atom. The molecule has 0 bridgehead atoms. The molecule has 0 unspecified atom stereocenters. The molecule has 0 spiro atoms. The summed E-state index contributed by atoms with van der Waals surface area (Å²) < 4.78 is 0. The average molecular weight is 281 g/mol. The molecule has 3 N–H and O–H groups in total.